The molecule has 0 radical (unpaired) electrons. The Labute approximate surface area is 118 Å². The van der Waals surface area contributed by atoms with Gasteiger partial charge in [0.25, 0.3) is 11.8 Å². The van der Waals surface area contributed by atoms with E-state index in [1.54, 1.807) is 24.3 Å². The molecule has 0 spiro atoms. The zero-order valence-electron chi connectivity index (χ0n) is 11.4. The van der Waals surface area contributed by atoms with Crippen molar-refractivity contribution in [3.05, 3.63) is 35.4 Å². The Kier molecular flexibility index (Phi) is 5.26. The molecule has 0 bridgehead atoms. The quantitative estimate of drug-likeness (QED) is 0.577. The van der Waals surface area contributed by atoms with Gasteiger partial charge in [0, 0.05) is 13.2 Å². The molecule has 0 unspecified atom stereocenters. The number of benzene rings is 1. The van der Waals surface area contributed by atoms with Crippen molar-refractivity contribution < 1.29 is 19.4 Å². The lowest BCUT2D eigenvalue weighted by atomic mass is 10.1. The first-order valence-electron chi connectivity index (χ1n) is 6.89. The number of carbonyl (C=O) groups is 2. The Morgan fingerprint density at radius 1 is 0.950 bits per heavy atom. The molecule has 20 heavy (non-hydrogen) atoms. The highest BCUT2D eigenvalue weighted by atomic mass is 16.5. The fourth-order valence-electron chi connectivity index (χ4n) is 2.26. The van der Waals surface area contributed by atoms with Crippen molar-refractivity contribution in [1.82, 2.24) is 4.90 Å². The van der Waals surface area contributed by atoms with Crippen molar-refractivity contribution in [1.29, 1.82) is 0 Å². The molecular weight excluding hydrogens is 258 g/mol. The summed E-state index contributed by atoms with van der Waals surface area (Å²) in [6, 6.07) is 6.93. The van der Waals surface area contributed by atoms with Crippen LogP contribution in [0, 0.1) is 0 Å². The molecule has 0 saturated heterocycles. The highest BCUT2D eigenvalue weighted by Gasteiger charge is 2.34. The van der Waals surface area contributed by atoms with E-state index in [0.717, 1.165) is 19.3 Å². The maximum absolute atomic E-state index is 12.1. The van der Waals surface area contributed by atoms with Gasteiger partial charge in [-0.25, -0.2) is 0 Å². The predicted molar refractivity (Wildman–Crippen MR) is 73.6 cm³/mol. The highest BCUT2D eigenvalue weighted by molar-refractivity contribution is 6.21. The number of imide groups is 1. The van der Waals surface area contributed by atoms with Crippen LogP contribution in [0.15, 0.2) is 24.3 Å². The van der Waals surface area contributed by atoms with Gasteiger partial charge in [-0.1, -0.05) is 12.1 Å². The summed E-state index contributed by atoms with van der Waals surface area (Å²) < 4.78 is 5.15. The van der Waals surface area contributed by atoms with Gasteiger partial charge in [0.05, 0.1) is 24.3 Å². The Morgan fingerprint density at radius 3 is 2.20 bits per heavy atom. The molecule has 1 N–H and O–H groups in total. The molecule has 2 rings (SSSR count). The predicted octanol–water partition coefficient (Wildman–Crippen LogP) is 1.46. The first-order valence-corrected chi connectivity index (χ1v) is 6.89. The Bertz CT molecular complexity index is 452. The van der Waals surface area contributed by atoms with Gasteiger partial charge in [0.1, 0.15) is 0 Å². The molecule has 2 amide bonds. The molecule has 108 valence electrons. The van der Waals surface area contributed by atoms with Gasteiger partial charge in [0.15, 0.2) is 0 Å². The topological polar surface area (TPSA) is 66.8 Å². The molecular formula is C15H19NO4. The van der Waals surface area contributed by atoms with E-state index in [1.165, 1.54) is 4.90 Å². The molecule has 1 aromatic rings. The third-order valence-corrected chi connectivity index (χ3v) is 3.28. The van der Waals surface area contributed by atoms with Crippen molar-refractivity contribution in [2.75, 3.05) is 26.4 Å². The van der Waals surface area contributed by atoms with Crippen LogP contribution in [0.5, 0.6) is 0 Å². The maximum Gasteiger partial charge on any atom is 0.261 e. The van der Waals surface area contributed by atoms with E-state index in [9.17, 15) is 9.59 Å². The monoisotopic (exact) mass is 277 g/mol. The van der Waals surface area contributed by atoms with E-state index in [0.29, 0.717) is 30.9 Å². The Balaban J connectivity index is 1.75. The summed E-state index contributed by atoms with van der Waals surface area (Å²) in [5, 5.41) is 8.55. The number of hydrogen-bond acceptors (Lipinski definition) is 4. The SMILES string of the molecule is O=C1c2ccccc2C(=O)N1CCCCCOCCO. The Morgan fingerprint density at radius 2 is 1.60 bits per heavy atom. The second-order valence-electron chi connectivity index (χ2n) is 4.70. The molecule has 0 saturated carbocycles. The number of nitrogens with zero attached hydrogens (tertiary/aromatic N) is 1. The number of hydrogen-bond donors (Lipinski definition) is 1. The first-order chi connectivity index (χ1) is 9.75. The highest BCUT2D eigenvalue weighted by Crippen LogP contribution is 2.22. The average molecular weight is 277 g/mol. The lowest BCUT2D eigenvalue weighted by Gasteiger charge is -2.13. The number of unbranched alkanes of at least 4 members (excludes halogenated alkanes) is 2. The van der Waals surface area contributed by atoms with Crippen LogP contribution in [0.2, 0.25) is 0 Å². The summed E-state index contributed by atoms with van der Waals surface area (Å²) in [6.45, 7) is 1.45. The minimum Gasteiger partial charge on any atom is -0.394 e. The van der Waals surface area contributed by atoms with Gasteiger partial charge in [-0.05, 0) is 31.4 Å². The molecule has 1 aliphatic rings. The van der Waals surface area contributed by atoms with Crippen LogP contribution in [0.4, 0.5) is 0 Å². The average Bonchev–Trinajstić information content (AvgIpc) is 2.71. The van der Waals surface area contributed by atoms with Gasteiger partial charge in [-0.2, -0.15) is 0 Å². The molecule has 5 heteroatoms. The van der Waals surface area contributed by atoms with Crippen LogP contribution < -0.4 is 0 Å². The number of fused-ring (bicyclic) bond motifs is 1. The van der Waals surface area contributed by atoms with Crippen molar-refractivity contribution in [2.45, 2.75) is 19.3 Å². The van der Waals surface area contributed by atoms with E-state index in [-0.39, 0.29) is 18.4 Å². The lowest BCUT2D eigenvalue weighted by molar-refractivity contribution is 0.0647. The van der Waals surface area contributed by atoms with E-state index in [2.05, 4.69) is 0 Å². The zero-order chi connectivity index (χ0) is 14.4. The van der Waals surface area contributed by atoms with Crippen LogP contribution in [0.1, 0.15) is 40.0 Å². The van der Waals surface area contributed by atoms with Crippen LogP contribution in [-0.4, -0.2) is 48.2 Å². The normalized spacial score (nSPS) is 13.9. The number of aliphatic hydroxyl groups excluding tert-OH is 1. The van der Waals surface area contributed by atoms with Crippen molar-refractivity contribution >= 4 is 11.8 Å². The molecule has 1 heterocycles. The number of amides is 2. The van der Waals surface area contributed by atoms with Crippen LogP contribution in [0.3, 0.4) is 0 Å². The molecule has 0 aromatic heterocycles. The van der Waals surface area contributed by atoms with Crippen LogP contribution >= 0.6 is 0 Å². The third-order valence-electron chi connectivity index (χ3n) is 3.28. The molecule has 0 atom stereocenters. The van der Waals surface area contributed by atoms with E-state index in [4.69, 9.17) is 9.84 Å². The second kappa shape index (κ2) is 7.17. The zero-order valence-corrected chi connectivity index (χ0v) is 11.4. The van der Waals surface area contributed by atoms with Gasteiger partial charge in [-0.3, -0.25) is 14.5 Å². The van der Waals surface area contributed by atoms with Crippen LogP contribution in [0.25, 0.3) is 0 Å². The van der Waals surface area contributed by atoms with Crippen molar-refractivity contribution in [3.63, 3.8) is 0 Å². The number of ether oxygens (including phenoxy) is 1. The van der Waals surface area contributed by atoms with Crippen molar-refractivity contribution in [3.8, 4) is 0 Å². The number of rotatable bonds is 8. The fourth-order valence-corrected chi connectivity index (χ4v) is 2.26. The standard InChI is InChI=1S/C15H19NO4/c17-9-11-20-10-5-1-4-8-16-14(18)12-6-2-3-7-13(12)15(16)19/h2-3,6-7,17H,1,4-5,8-11H2. The smallest absolute Gasteiger partial charge is 0.261 e. The van der Waals surface area contributed by atoms with E-state index in [1.807, 2.05) is 0 Å². The minimum absolute atomic E-state index is 0.0367. The first kappa shape index (κ1) is 14.7. The number of aliphatic hydroxyl groups is 1. The maximum atomic E-state index is 12.1. The molecule has 5 nitrogen and oxygen atoms in total. The second-order valence-corrected chi connectivity index (χ2v) is 4.70. The van der Waals surface area contributed by atoms with Gasteiger partial charge < -0.3 is 9.84 Å². The van der Waals surface area contributed by atoms with E-state index < -0.39 is 0 Å². The van der Waals surface area contributed by atoms with Crippen molar-refractivity contribution in [2.24, 2.45) is 0 Å². The van der Waals surface area contributed by atoms with Gasteiger partial charge in [-0.15, -0.1) is 0 Å². The summed E-state index contributed by atoms with van der Waals surface area (Å²) in [4.78, 5) is 25.4. The molecule has 1 aliphatic heterocycles. The summed E-state index contributed by atoms with van der Waals surface area (Å²) in [5.41, 5.74) is 1.01. The summed E-state index contributed by atoms with van der Waals surface area (Å²) in [7, 11) is 0. The van der Waals surface area contributed by atoms with Gasteiger partial charge in [0.2, 0.25) is 0 Å². The van der Waals surface area contributed by atoms with Gasteiger partial charge >= 0.3 is 0 Å². The molecule has 0 aliphatic carbocycles. The van der Waals surface area contributed by atoms with Crippen LogP contribution in [-0.2, 0) is 4.74 Å². The molecule has 0 fully saturated rings. The lowest BCUT2D eigenvalue weighted by Crippen LogP contribution is -2.30. The summed E-state index contributed by atoms with van der Waals surface area (Å²) >= 11 is 0. The Hall–Kier alpha value is -1.72. The third kappa shape index (κ3) is 3.23. The fraction of sp³-hybridized carbons (Fsp3) is 0.467. The number of carbonyl (C=O) groups excluding carboxylic acids is 2. The summed E-state index contributed by atoms with van der Waals surface area (Å²) in [6.07, 6.45) is 2.52. The summed E-state index contributed by atoms with van der Waals surface area (Å²) in [5.74, 6) is -0.385. The van der Waals surface area contributed by atoms with E-state index >= 15 is 0 Å². The largest absolute Gasteiger partial charge is 0.394 e. The molecule has 1 aromatic carbocycles. The minimum atomic E-state index is -0.192.